The standard InChI is InChI=1S/C17H15ClO2/c1-12(17(19)20)11-16(13-5-3-2-4-6-13)14-7-9-15(18)10-8-14/h2-11,16H,1H3,(H,19,20). The second-order valence-electron chi connectivity index (χ2n) is 4.59. The van der Waals surface area contributed by atoms with Crippen molar-refractivity contribution in [1.29, 1.82) is 0 Å². The topological polar surface area (TPSA) is 37.3 Å². The van der Waals surface area contributed by atoms with E-state index in [0.29, 0.717) is 10.6 Å². The van der Waals surface area contributed by atoms with Crippen molar-refractivity contribution in [3.8, 4) is 0 Å². The lowest BCUT2D eigenvalue weighted by atomic mass is 9.89. The second kappa shape index (κ2) is 6.40. The number of carboxylic acid groups (broad SMARTS) is 1. The molecule has 3 heteroatoms. The summed E-state index contributed by atoms with van der Waals surface area (Å²) in [5.74, 6) is -0.996. The zero-order valence-corrected chi connectivity index (χ0v) is 11.8. The maximum absolute atomic E-state index is 11.1. The largest absolute Gasteiger partial charge is 0.478 e. The van der Waals surface area contributed by atoms with E-state index in [1.54, 1.807) is 13.0 Å². The number of allylic oxidation sites excluding steroid dienone is 1. The summed E-state index contributed by atoms with van der Waals surface area (Å²) in [6.07, 6.45) is 1.76. The fourth-order valence-corrected chi connectivity index (χ4v) is 2.16. The number of carboxylic acids is 1. The van der Waals surface area contributed by atoms with E-state index in [9.17, 15) is 4.79 Å². The van der Waals surface area contributed by atoms with Gasteiger partial charge in [-0.2, -0.15) is 0 Å². The lowest BCUT2D eigenvalue weighted by Crippen LogP contribution is -2.03. The van der Waals surface area contributed by atoms with Crippen molar-refractivity contribution < 1.29 is 9.90 Å². The molecule has 2 rings (SSSR count). The zero-order chi connectivity index (χ0) is 14.5. The number of hydrogen-bond donors (Lipinski definition) is 1. The summed E-state index contributed by atoms with van der Waals surface area (Å²) in [4.78, 5) is 11.1. The van der Waals surface area contributed by atoms with Crippen LogP contribution in [0.2, 0.25) is 5.02 Å². The molecule has 2 aromatic rings. The first-order valence-electron chi connectivity index (χ1n) is 6.30. The summed E-state index contributed by atoms with van der Waals surface area (Å²) in [6.45, 7) is 1.61. The average molecular weight is 287 g/mol. The average Bonchev–Trinajstić information content (AvgIpc) is 2.46. The van der Waals surface area contributed by atoms with Gasteiger partial charge >= 0.3 is 5.97 Å². The molecule has 1 N–H and O–H groups in total. The van der Waals surface area contributed by atoms with E-state index >= 15 is 0 Å². The van der Waals surface area contributed by atoms with Gasteiger partial charge in [-0.25, -0.2) is 4.79 Å². The lowest BCUT2D eigenvalue weighted by molar-refractivity contribution is -0.132. The van der Waals surface area contributed by atoms with Crippen LogP contribution in [0.4, 0.5) is 0 Å². The minimum atomic E-state index is -0.903. The molecule has 0 radical (unpaired) electrons. The minimum absolute atomic E-state index is 0.0930. The molecule has 20 heavy (non-hydrogen) atoms. The Morgan fingerprint density at radius 1 is 1.05 bits per heavy atom. The zero-order valence-electron chi connectivity index (χ0n) is 11.1. The van der Waals surface area contributed by atoms with Gasteiger partial charge in [-0.3, -0.25) is 0 Å². The molecular formula is C17H15ClO2. The monoisotopic (exact) mass is 286 g/mol. The second-order valence-corrected chi connectivity index (χ2v) is 5.03. The Kier molecular flexibility index (Phi) is 4.59. The van der Waals surface area contributed by atoms with E-state index in [1.807, 2.05) is 54.6 Å². The summed E-state index contributed by atoms with van der Waals surface area (Å²) in [5, 5.41) is 9.75. The molecule has 0 amide bonds. The van der Waals surface area contributed by atoms with Crippen LogP contribution in [0.25, 0.3) is 0 Å². The van der Waals surface area contributed by atoms with Crippen LogP contribution in [0.1, 0.15) is 24.0 Å². The maximum Gasteiger partial charge on any atom is 0.330 e. The third-order valence-corrected chi connectivity index (χ3v) is 3.39. The van der Waals surface area contributed by atoms with Crippen molar-refractivity contribution >= 4 is 17.6 Å². The molecule has 0 aromatic heterocycles. The summed E-state index contributed by atoms with van der Waals surface area (Å²) in [5.41, 5.74) is 2.39. The number of hydrogen-bond acceptors (Lipinski definition) is 1. The molecule has 1 unspecified atom stereocenters. The van der Waals surface area contributed by atoms with Crippen molar-refractivity contribution in [1.82, 2.24) is 0 Å². The summed E-state index contributed by atoms with van der Waals surface area (Å²) in [7, 11) is 0. The summed E-state index contributed by atoms with van der Waals surface area (Å²) in [6, 6.07) is 17.3. The van der Waals surface area contributed by atoms with Gasteiger partial charge < -0.3 is 5.11 Å². The highest BCUT2D eigenvalue weighted by Crippen LogP contribution is 2.28. The van der Waals surface area contributed by atoms with Crippen molar-refractivity contribution in [3.63, 3.8) is 0 Å². The van der Waals surface area contributed by atoms with Crippen LogP contribution in [-0.2, 0) is 4.79 Å². The molecule has 102 valence electrons. The van der Waals surface area contributed by atoms with Gasteiger partial charge in [0.05, 0.1) is 0 Å². The molecule has 0 aliphatic rings. The number of carbonyl (C=O) groups is 1. The predicted molar refractivity (Wildman–Crippen MR) is 81.1 cm³/mol. The predicted octanol–water partition coefficient (Wildman–Crippen LogP) is 4.50. The molecular weight excluding hydrogens is 272 g/mol. The van der Waals surface area contributed by atoms with Gasteiger partial charge in [-0.1, -0.05) is 60.1 Å². The third kappa shape index (κ3) is 3.49. The van der Waals surface area contributed by atoms with Gasteiger partial charge in [-0.05, 0) is 30.2 Å². The molecule has 0 heterocycles. The van der Waals surface area contributed by atoms with Crippen LogP contribution < -0.4 is 0 Å². The molecule has 1 atom stereocenters. The SMILES string of the molecule is CC(=CC(c1ccccc1)c1ccc(Cl)cc1)C(=O)O. The highest BCUT2D eigenvalue weighted by molar-refractivity contribution is 6.30. The van der Waals surface area contributed by atoms with E-state index in [1.165, 1.54) is 0 Å². The van der Waals surface area contributed by atoms with Crippen LogP contribution in [0.15, 0.2) is 66.2 Å². The van der Waals surface area contributed by atoms with Gasteiger partial charge in [0.15, 0.2) is 0 Å². The van der Waals surface area contributed by atoms with Gasteiger partial charge in [0.2, 0.25) is 0 Å². The summed E-state index contributed by atoms with van der Waals surface area (Å²) < 4.78 is 0. The van der Waals surface area contributed by atoms with Crippen LogP contribution in [0.5, 0.6) is 0 Å². The fourth-order valence-electron chi connectivity index (χ4n) is 2.04. The Morgan fingerprint density at radius 3 is 2.15 bits per heavy atom. The number of benzene rings is 2. The van der Waals surface area contributed by atoms with E-state index in [-0.39, 0.29) is 5.92 Å². The van der Waals surface area contributed by atoms with Crippen LogP contribution in [0, 0.1) is 0 Å². The number of aliphatic carboxylic acids is 1. The molecule has 2 aromatic carbocycles. The van der Waals surface area contributed by atoms with Crippen LogP contribution >= 0.6 is 11.6 Å². The Balaban J connectivity index is 2.47. The van der Waals surface area contributed by atoms with Crippen LogP contribution in [0.3, 0.4) is 0 Å². The number of rotatable bonds is 4. The van der Waals surface area contributed by atoms with E-state index in [0.717, 1.165) is 11.1 Å². The Hall–Kier alpha value is -2.06. The first-order valence-corrected chi connectivity index (χ1v) is 6.68. The smallest absolute Gasteiger partial charge is 0.330 e. The third-order valence-electron chi connectivity index (χ3n) is 3.14. The highest BCUT2D eigenvalue weighted by Gasteiger charge is 2.13. The maximum atomic E-state index is 11.1. The van der Waals surface area contributed by atoms with Crippen LogP contribution in [-0.4, -0.2) is 11.1 Å². The summed E-state index contributed by atoms with van der Waals surface area (Å²) >= 11 is 5.91. The molecule has 0 spiro atoms. The molecule has 0 aliphatic heterocycles. The molecule has 0 fully saturated rings. The highest BCUT2D eigenvalue weighted by atomic mass is 35.5. The van der Waals surface area contributed by atoms with E-state index in [2.05, 4.69) is 0 Å². The van der Waals surface area contributed by atoms with Gasteiger partial charge in [0.25, 0.3) is 0 Å². The Bertz CT molecular complexity index is 615. The molecule has 2 nitrogen and oxygen atoms in total. The van der Waals surface area contributed by atoms with Gasteiger partial charge in [0.1, 0.15) is 0 Å². The molecule has 0 bridgehead atoms. The fraction of sp³-hybridized carbons (Fsp3) is 0.118. The van der Waals surface area contributed by atoms with Crippen molar-refractivity contribution in [2.24, 2.45) is 0 Å². The Morgan fingerprint density at radius 2 is 1.60 bits per heavy atom. The van der Waals surface area contributed by atoms with Gasteiger partial charge in [0, 0.05) is 16.5 Å². The Labute approximate surface area is 123 Å². The lowest BCUT2D eigenvalue weighted by Gasteiger charge is -2.15. The van der Waals surface area contributed by atoms with E-state index < -0.39 is 5.97 Å². The van der Waals surface area contributed by atoms with Crippen molar-refractivity contribution in [2.75, 3.05) is 0 Å². The van der Waals surface area contributed by atoms with E-state index in [4.69, 9.17) is 16.7 Å². The quantitative estimate of drug-likeness (QED) is 0.840. The normalized spacial score (nSPS) is 13.0. The van der Waals surface area contributed by atoms with Crippen molar-refractivity contribution in [2.45, 2.75) is 12.8 Å². The number of halogens is 1. The first kappa shape index (κ1) is 14.4. The molecule has 0 saturated heterocycles. The van der Waals surface area contributed by atoms with Gasteiger partial charge in [-0.15, -0.1) is 0 Å². The molecule has 0 saturated carbocycles. The first-order chi connectivity index (χ1) is 9.58. The van der Waals surface area contributed by atoms with Crippen molar-refractivity contribution in [3.05, 3.63) is 82.4 Å². The minimum Gasteiger partial charge on any atom is -0.478 e. The molecule has 0 aliphatic carbocycles.